The van der Waals surface area contributed by atoms with Crippen molar-refractivity contribution in [1.82, 2.24) is 15.2 Å². The standard InChI is InChI=1S/C19H16FN5O2/c20-15-8-4-7-14(9-15)19(27)23-22-10-17-16(13-5-2-1-3-6-13)11-25(24-17)12-18(21)26/h1-11H,12H2,(H2,21,26)(H,23,27)/b22-10-. The molecule has 2 amide bonds. The predicted molar refractivity (Wildman–Crippen MR) is 98.3 cm³/mol. The normalized spacial score (nSPS) is 10.9. The molecule has 0 aliphatic rings. The fraction of sp³-hybridized carbons (Fsp3) is 0.0526. The second-order valence-corrected chi connectivity index (χ2v) is 5.67. The lowest BCUT2D eigenvalue weighted by atomic mass is 10.1. The van der Waals surface area contributed by atoms with Crippen molar-refractivity contribution in [2.75, 3.05) is 0 Å². The number of rotatable bonds is 6. The third kappa shape index (κ3) is 4.63. The summed E-state index contributed by atoms with van der Waals surface area (Å²) < 4.78 is 14.6. The highest BCUT2D eigenvalue weighted by Gasteiger charge is 2.11. The van der Waals surface area contributed by atoms with Gasteiger partial charge >= 0.3 is 0 Å². The first-order valence-corrected chi connectivity index (χ1v) is 8.03. The molecule has 0 bridgehead atoms. The van der Waals surface area contributed by atoms with Crippen molar-refractivity contribution in [3.8, 4) is 11.1 Å². The molecule has 3 rings (SSSR count). The summed E-state index contributed by atoms with van der Waals surface area (Å²) in [6.45, 7) is -0.0800. The molecule has 2 aromatic carbocycles. The van der Waals surface area contributed by atoms with Gasteiger partial charge in [0.2, 0.25) is 5.91 Å². The van der Waals surface area contributed by atoms with Crippen molar-refractivity contribution in [1.29, 1.82) is 0 Å². The van der Waals surface area contributed by atoms with E-state index in [1.54, 1.807) is 6.20 Å². The van der Waals surface area contributed by atoms with Crippen molar-refractivity contribution in [3.63, 3.8) is 0 Å². The molecule has 0 saturated carbocycles. The lowest BCUT2D eigenvalue weighted by molar-refractivity contribution is -0.118. The largest absolute Gasteiger partial charge is 0.368 e. The van der Waals surface area contributed by atoms with Gasteiger partial charge in [0, 0.05) is 17.3 Å². The number of hydrogen-bond acceptors (Lipinski definition) is 4. The molecule has 0 unspecified atom stereocenters. The zero-order valence-electron chi connectivity index (χ0n) is 14.2. The number of nitrogens with one attached hydrogen (secondary N) is 1. The molecule has 0 spiro atoms. The van der Waals surface area contributed by atoms with Crippen LogP contribution < -0.4 is 11.2 Å². The quantitative estimate of drug-likeness (QED) is 0.515. The lowest BCUT2D eigenvalue weighted by Crippen LogP contribution is -2.19. The Bertz CT molecular complexity index is 998. The van der Waals surface area contributed by atoms with Crippen LogP contribution >= 0.6 is 0 Å². The number of primary amides is 1. The zero-order chi connectivity index (χ0) is 19.2. The van der Waals surface area contributed by atoms with Crippen LogP contribution in [0, 0.1) is 5.82 Å². The van der Waals surface area contributed by atoms with E-state index >= 15 is 0 Å². The van der Waals surface area contributed by atoms with Crippen molar-refractivity contribution in [3.05, 3.63) is 77.9 Å². The maximum absolute atomic E-state index is 13.2. The highest BCUT2D eigenvalue weighted by Crippen LogP contribution is 2.21. The van der Waals surface area contributed by atoms with Gasteiger partial charge in [-0.15, -0.1) is 0 Å². The number of halogens is 1. The second-order valence-electron chi connectivity index (χ2n) is 5.67. The topological polar surface area (TPSA) is 102 Å². The number of nitrogens with zero attached hydrogens (tertiary/aromatic N) is 3. The average molecular weight is 365 g/mol. The molecule has 0 aliphatic heterocycles. The maximum atomic E-state index is 13.2. The lowest BCUT2D eigenvalue weighted by Gasteiger charge is -2.00. The molecule has 0 saturated heterocycles. The van der Waals surface area contributed by atoms with Crippen LogP contribution in [0.5, 0.6) is 0 Å². The highest BCUT2D eigenvalue weighted by molar-refractivity contribution is 5.95. The van der Waals surface area contributed by atoms with Crippen molar-refractivity contribution >= 4 is 18.0 Å². The summed E-state index contributed by atoms with van der Waals surface area (Å²) in [5.74, 6) is -1.59. The zero-order valence-corrected chi connectivity index (χ0v) is 14.2. The molecule has 7 nitrogen and oxygen atoms in total. The number of nitrogens with two attached hydrogens (primary N) is 1. The van der Waals surface area contributed by atoms with Crippen molar-refractivity contribution in [2.45, 2.75) is 6.54 Å². The monoisotopic (exact) mass is 365 g/mol. The molecule has 0 fully saturated rings. The molecule has 0 radical (unpaired) electrons. The minimum Gasteiger partial charge on any atom is -0.368 e. The molecule has 136 valence electrons. The Morgan fingerprint density at radius 3 is 2.67 bits per heavy atom. The second kappa shape index (κ2) is 8.05. The Hall–Kier alpha value is -3.81. The first-order valence-electron chi connectivity index (χ1n) is 8.03. The fourth-order valence-corrected chi connectivity index (χ4v) is 2.46. The van der Waals surface area contributed by atoms with Gasteiger partial charge in [0.25, 0.3) is 5.91 Å². The van der Waals surface area contributed by atoms with Crippen LogP contribution in [0.15, 0.2) is 65.9 Å². The van der Waals surface area contributed by atoms with Crippen LogP contribution in [-0.2, 0) is 11.3 Å². The Morgan fingerprint density at radius 1 is 1.19 bits per heavy atom. The summed E-state index contributed by atoms with van der Waals surface area (Å²) in [5.41, 5.74) is 9.73. The van der Waals surface area contributed by atoms with Crippen LogP contribution in [0.4, 0.5) is 4.39 Å². The summed E-state index contributed by atoms with van der Waals surface area (Å²) >= 11 is 0. The van der Waals surface area contributed by atoms with E-state index in [0.29, 0.717) is 5.69 Å². The van der Waals surface area contributed by atoms with Gasteiger partial charge in [0.1, 0.15) is 18.1 Å². The third-order valence-corrected chi connectivity index (χ3v) is 3.63. The maximum Gasteiger partial charge on any atom is 0.271 e. The molecular formula is C19H16FN5O2. The molecule has 27 heavy (non-hydrogen) atoms. The molecular weight excluding hydrogens is 349 g/mol. The summed E-state index contributed by atoms with van der Waals surface area (Å²) in [4.78, 5) is 23.2. The van der Waals surface area contributed by atoms with E-state index in [1.807, 2.05) is 30.3 Å². The van der Waals surface area contributed by atoms with Gasteiger partial charge in [-0.3, -0.25) is 14.3 Å². The van der Waals surface area contributed by atoms with Crippen LogP contribution in [0.1, 0.15) is 16.1 Å². The fourth-order valence-electron chi connectivity index (χ4n) is 2.46. The van der Waals surface area contributed by atoms with E-state index in [2.05, 4.69) is 15.6 Å². The number of carbonyl (C=O) groups is 2. The number of benzene rings is 2. The van der Waals surface area contributed by atoms with Gasteiger partial charge in [-0.2, -0.15) is 10.2 Å². The molecule has 8 heteroatoms. The Balaban J connectivity index is 1.82. The summed E-state index contributed by atoms with van der Waals surface area (Å²) in [6.07, 6.45) is 3.03. The van der Waals surface area contributed by atoms with E-state index in [1.165, 1.54) is 29.1 Å². The number of amides is 2. The first-order chi connectivity index (χ1) is 13.0. The van der Waals surface area contributed by atoms with Gasteiger partial charge in [-0.1, -0.05) is 36.4 Å². The predicted octanol–water partition coefficient (Wildman–Crippen LogP) is 1.94. The van der Waals surface area contributed by atoms with Gasteiger partial charge in [-0.05, 0) is 23.8 Å². The summed E-state index contributed by atoms with van der Waals surface area (Å²) in [6, 6.07) is 14.7. The minimum atomic E-state index is -0.552. The molecule has 0 atom stereocenters. The SMILES string of the molecule is NC(=O)Cn1cc(-c2ccccc2)c(/C=N\NC(=O)c2cccc(F)c2)n1. The first kappa shape index (κ1) is 18.0. The highest BCUT2D eigenvalue weighted by atomic mass is 19.1. The Kier molecular flexibility index (Phi) is 5.36. The van der Waals surface area contributed by atoms with E-state index in [4.69, 9.17) is 5.73 Å². The van der Waals surface area contributed by atoms with Gasteiger partial charge in [0.05, 0.1) is 6.21 Å². The van der Waals surface area contributed by atoms with Gasteiger partial charge in [0.15, 0.2) is 0 Å². The van der Waals surface area contributed by atoms with Crippen LogP contribution in [0.2, 0.25) is 0 Å². The molecule has 1 aromatic heterocycles. The third-order valence-electron chi connectivity index (χ3n) is 3.63. The Labute approximate surface area is 154 Å². The van der Waals surface area contributed by atoms with Gasteiger partial charge < -0.3 is 5.73 Å². The average Bonchev–Trinajstić information content (AvgIpc) is 3.04. The van der Waals surface area contributed by atoms with E-state index in [0.717, 1.165) is 17.2 Å². The van der Waals surface area contributed by atoms with E-state index < -0.39 is 17.6 Å². The number of aromatic nitrogens is 2. The van der Waals surface area contributed by atoms with E-state index in [-0.39, 0.29) is 12.1 Å². The number of hydrazone groups is 1. The van der Waals surface area contributed by atoms with Crippen LogP contribution in [-0.4, -0.2) is 27.8 Å². The molecule has 0 aliphatic carbocycles. The van der Waals surface area contributed by atoms with Crippen molar-refractivity contribution < 1.29 is 14.0 Å². The number of carbonyl (C=O) groups excluding carboxylic acids is 2. The summed E-state index contributed by atoms with van der Waals surface area (Å²) in [7, 11) is 0. The van der Waals surface area contributed by atoms with Crippen LogP contribution in [0.25, 0.3) is 11.1 Å². The molecule has 1 heterocycles. The Morgan fingerprint density at radius 2 is 1.96 bits per heavy atom. The molecule has 3 N–H and O–H groups in total. The summed E-state index contributed by atoms with van der Waals surface area (Å²) in [5, 5.41) is 8.15. The van der Waals surface area contributed by atoms with Crippen molar-refractivity contribution in [2.24, 2.45) is 10.8 Å². The number of hydrogen-bond donors (Lipinski definition) is 2. The smallest absolute Gasteiger partial charge is 0.271 e. The van der Waals surface area contributed by atoms with E-state index in [9.17, 15) is 14.0 Å². The minimum absolute atomic E-state index is 0.0800. The van der Waals surface area contributed by atoms with Gasteiger partial charge in [-0.25, -0.2) is 9.82 Å². The molecule has 3 aromatic rings. The van der Waals surface area contributed by atoms with Crippen LogP contribution in [0.3, 0.4) is 0 Å².